The van der Waals surface area contributed by atoms with E-state index in [0.29, 0.717) is 5.75 Å². The summed E-state index contributed by atoms with van der Waals surface area (Å²) in [4.78, 5) is 10.4. The predicted molar refractivity (Wildman–Crippen MR) is 65.1 cm³/mol. The van der Waals surface area contributed by atoms with E-state index in [0.717, 1.165) is 20.6 Å². The Labute approximate surface area is 104 Å². The molecular weight excluding hydrogens is 328 g/mol. The summed E-state index contributed by atoms with van der Waals surface area (Å²) in [6.07, 6.45) is 2.57. The van der Waals surface area contributed by atoms with Gasteiger partial charge in [-0.05, 0) is 34.1 Å². The van der Waals surface area contributed by atoms with E-state index >= 15 is 0 Å². The second-order valence-electron chi connectivity index (χ2n) is 2.65. The van der Waals surface area contributed by atoms with Crippen molar-refractivity contribution in [3.8, 4) is 5.75 Å². The standard InChI is InChI=1S/C10H8Br2O3/c1-15-8-4-3-7(11)6(10(8)12)2-5-9(13)14/h2-5H,1H3,(H,13,14)/b5-2+. The topological polar surface area (TPSA) is 46.5 Å². The molecular formula is C10H8Br2O3. The number of ether oxygens (including phenoxy) is 1. The van der Waals surface area contributed by atoms with Crippen molar-refractivity contribution in [1.29, 1.82) is 0 Å². The maximum atomic E-state index is 10.4. The van der Waals surface area contributed by atoms with Crippen molar-refractivity contribution in [3.05, 3.63) is 32.7 Å². The lowest BCUT2D eigenvalue weighted by Gasteiger charge is -2.07. The number of halogens is 2. The number of aliphatic carboxylic acids is 1. The van der Waals surface area contributed by atoms with Crippen LogP contribution in [0.5, 0.6) is 5.75 Å². The molecule has 0 bridgehead atoms. The van der Waals surface area contributed by atoms with E-state index in [1.807, 2.05) is 0 Å². The lowest BCUT2D eigenvalue weighted by atomic mass is 10.2. The van der Waals surface area contributed by atoms with Crippen molar-refractivity contribution in [2.75, 3.05) is 7.11 Å². The van der Waals surface area contributed by atoms with Crippen molar-refractivity contribution >= 4 is 43.9 Å². The molecule has 80 valence electrons. The molecule has 0 heterocycles. The third-order valence-electron chi connectivity index (χ3n) is 1.70. The minimum atomic E-state index is -0.989. The highest BCUT2D eigenvalue weighted by Gasteiger charge is 2.07. The normalized spacial score (nSPS) is 10.6. The van der Waals surface area contributed by atoms with Gasteiger partial charge in [-0.2, -0.15) is 0 Å². The molecule has 0 atom stereocenters. The van der Waals surface area contributed by atoms with Crippen molar-refractivity contribution in [3.63, 3.8) is 0 Å². The number of benzene rings is 1. The monoisotopic (exact) mass is 334 g/mol. The van der Waals surface area contributed by atoms with Gasteiger partial charge in [-0.25, -0.2) is 4.79 Å². The molecule has 15 heavy (non-hydrogen) atoms. The molecule has 0 aromatic heterocycles. The molecule has 0 unspecified atom stereocenters. The SMILES string of the molecule is COc1ccc(Br)c(/C=C/C(=O)O)c1Br. The van der Waals surface area contributed by atoms with Crippen LogP contribution in [0.25, 0.3) is 6.08 Å². The largest absolute Gasteiger partial charge is 0.496 e. The second kappa shape index (κ2) is 5.32. The van der Waals surface area contributed by atoms with Gasteiger partial charge in [0.2, 0.25) is 0 Å². The van der Waals surface area contributed by atoms with Gasteiger partial charge in [-0.3, -0.25) is 0 Å². The van der Waals surface area contributed by atoms with Gasteiger partial charge in [0.25, 0.3) is 0 Å². The van der Waals surface area contributed by atoms with E-state index in [4.69, 9.17) is 9.84 Å². The summed E-state index contributed by atoms with van der Waals surface area (Å²) in [5.41, 5.74) is 0.733. The first-order valence-electron chi connectivity index (χ1n) is 3.99. The summed E-state index contributed by atoms with van der Waals surface area (Å²) in [6.45, 7) is 0. The Morgan fingerprint density at radius 3 is 2.67 bits per heavy atom. The molecule has 1 aromatic rings. The number of rotatable bonds is 3. The minimum absolute atomic E-state index is 0.656. The summed E-state index contributed by atoms with van der Waals surface area (Å²) < 4.78 is 6.62. The lowest BCUT2D eigenvalue weighted by molar-refractivity contribution is -0.131. The zero-order chi connectivity index (χ0) is 11.4. The van der Waals surface area contributed by atoms with Crippen molar-refractivity contribution < 1.29 is 14.6 Å². The Balaban J connectivity index is 3.21. The minimum Gasteiger partial charge on any atom is -0.496 e. The first-order valence-corrected chi connectivity index (χ1v) is 5.58. The van der Waals surface area contributed by atoms with Gasteiger partial charge >= 0.3 is 5.97 Å². The van der Waals surface area contributed by atoms with Crippen LogP contribution in [0.2, 0.25) is 0 Å². The zero-order valence-corrected chi connectivity index (χ0v) is 11.0. The fourth-order valence-corrected chi connectivity index (χ4v) is 2.38. The molecule has 0 aliphatic rings. The first-order chi connectivity index (χ1) is 7.06. The third-order valence-corrected chi connectivity index (χ3v) is 3.21. The van der Waals surface area contributed by atoms with Gasteiger partial charge in [-0.1, -0.05) is 15.9 Å². The fraction of sp³-hybridized carbons (Fsp3) is 0.100. The molecule has 0 spiro atoms. The van der Waals surface area contributed by atoms with Crippen LogP contribution in [-0.2, 0) is 4.79 Å². The Morgan fingerprint density at radius 2 is 2.13 bits per heavy atom. The van der Waals surface area contributed by atoms with Crippen LogP contribution in [0.1, 0.15) is 5.56 Å². The average molecular weight is 336 g/mol. The highest BCUT2D eigenvalue weighted by molar-refractivity contribution is 9.11. The highest BCUT2D eigenvalue weighted by atomic mass is 79.9. The van der Waals surface area contributed by atoms with E-state index in [2.05, 4.69) is 31.9 Å². The average Bonchev–Trinajstić information content (AvgIpc) is 2.17. The number of methoxy groups -OCH3 is 1. The Kier molecular flexibility index (Phi) is 4.35. The van der Waals surface area contributed by atoms with Crippen LogP contribution in [0, 0.1) is 0 Å². The summed E-state index contributed by atoms with van der Waals surface area (Å²) >= 11 is 6.67. The summed E-state index contributed by atoms with van der Waals surface area (Å²) in [7, 11) is 1.55. The fourth-order valence-electron chi connectivity index (χ4n) is 1.01. The number of hydrogen-bond donors (Lipinski definition) is 1. The van der Waals surface area contributed by atoms with Crippen molar-refractivity contribution in [2.24, 2.45) is 0 Å². The summed E-state index contributed by atoms with van der Waals surface area (Å²) in [5, 5.41) is 8.53. The van der Waals surface area contributed by atoms with E-state index in [-0.39, 0.29) is 0 Å². The second-order valence-corrected chi connectivity index (χ2v) is 4.30. The number of carboxylic acids is 1. The smallest absolute Gasteiger partial charge is 0.328 e. The lowest BCUT2D eigenvalue weighted by Crippen LogP contribution is -1.90. The Morgan fingerprint density at radius 1 is 1.47 bits per heavy atom. The maximum absolute atomic E-state index is 10.4. The molecule has 0 saturated heterocycles. The number of carbonyl (C=O) groups is 1. The van der Waals surface area contributed by atoms with Gasteiger partial charge in [0, 0.05) is 16.1 Å². The summed E-state index contributed by atoms with van der Waals surface area (Å²) in [5.74, 6) is -0.333. The van der Waals surface area contributed by atoms with Gasteiger partial charge in [0.1, 0.15) is 5.75 Å². The molecule has 1 aromatic carbocycles. The van der Waals surface area contributed by atoms with E-state index in [1.165, 1.54) is 6.08 Å². The van der Waals surface area contributed by atoms with Crippen LogP contribution in [0.15, 0.2) is 27.2 Å². The quantitative estimate of drug-likeness (QED) is 0.862. The Bertz CT molecular complexity index is 413. The highest BCUT2D eigenvalue weighted by Crippen LogP contribution is 2.34. The maximum Gasteiger partial charge on any atom is 0.328 e. The van der Waals surface area contributed by atoms with Crippen LogP contribution >= 0.6 is 31.9 Å². The molecule has 0 aliphatic heterocycles. The summed E-state index contributed by atoms with van der Waals surface area (Å²) in [6, 6.07) is 3.58. The first kappa shape index (κ1) is 12.3. The van der Waals surface area contributed by atoms with Gasteiger partial charge in [0.05, 0.1) is 11.6 Å². The van der Waals surface area contributed by atoms with E-state index in [1.54, 1.807) is 19.2 Å². The number of carboxylic acid groups (broad SMARTS) is 1. The molecule has 0 saturated carbocycles. The zero-order valence-electron chi connectivity index (χ0n) is 7.83. The molecule has 0 aliphatic carbocycles. The van der Waals surface area contributed by atoms with E-state index in [9.17, 15) is 4.79 Å². The van der Waals surface area contributed by atoms with E-state index < -0.39 is 5.97 Å². The number of hydrogen-bond acceptors (Lipinski definition) is 2. The molecule has 1 N–H and O–H groups in total. The van der Waals surface area contributed by atoms with Crippen molar-refractivity contribution in [2.45, 2.75) is 0 Å². The predicted octanol–water partition coefficient (Wildman–Crippen LogP) is 3.32. The Hall–Kier alpha value is -0.810. The third kappa shape index (κ3) is 3.07. The molecule has 0 amide bonds. The molecule has 0 fully saturated rings. The van der Waals surface area contributed by atoms with Crippen LogP contribution in [0.4, 0.5) is 0 Å². The van der Waals surface area contributed by atoms with Gasteiger partial charge in [-0.15, -0.1) is 0 Å². The molecule has 0 radical (unpaired) electrons. The van der Waals surface area contributed by atoms with Crippen molar-refractivity contribution in [1.82, 2.24) is 0 Å². The van der Waals surface area contributed by atoms with Crippen LogP contribution in [0.3, 0.4) is 0 Å². The molecule has 1 rings (SSSR count). The van der Waals surface area contributed by atoms with Crippen LogP contribution in [-0.4, -0.2) is 18.2 Å². The van der Waals surface area contributed by atoms with Gasteiger partial charge in [0.15, 0.2) is 0 Å². The van der Waals surface area contributed by atoms with Crippen LogP contribution < -0.4 is 4.74 Å². The molecule has 3 nitrogen and oxygen atoms in total. The molecule has 5 heteroatoms. The van der Waals surface area contributed by atoms with Gasteiger partial charge < -0.3 is 9.84 Å².